The van der Waals surface area contributed by atoms with Gasteiger partial charge in [-0.1, -0.05) is 49.2 Å². The lowest BCUT2D eigenvalue weighted by Gasteiger charge is -2.09. The Balaban J connectivity index is 2.03. The molecule has 0 bridgehead atoms. The van der Waals surface area contributed by atoms with Crippen LogP contribution in [0.1, 0.15) is 47.4 Å². The number of hydrogen-bond acceptors (Lipinski definition) is 4. The van der Waals surface area contributed by atoms with Gasteiger partial charge in [0.25, 0.3) is 0 Å². The maximum atomic E-state index is 12.3. The average Bonchev–Trinajstić information content (AvgIpc) is 2.61. The Kier molecular flexibility index (Phi) is 7.49. The van der Waals surface area contributed by atoms with Crippen molar-refractivity contribution in [1.29, 1.82) is 0 Å². The SMILES string of the molecule is CC(C)CCCOC(=O)c1cccc(C(=O)Oc2c(Cl)cccc2Cl)c1. The van der Waals surface area contributed by atoms with Crippen LogP contribution in [0.3, 0.4) is 0 Å². The molecule has 0 N–H and O–H groups in total. The number of rotatable bonds is 7. The van der Waals surface area contributed by atoms with Gasteiger partial charge in [0.1, 0.15) is 0 Å². The Morgan fingerprint density at radius 1 is 0.962 bits per heavy atom. The van der Waals surface area contributed by atoms with Crippen molar-refractivity contribution < 1.29 is 19.1 Å². The van der Waals surface area contributed by atoms with Crippen molar-refractivity contribution in [1.82, 2.24) is 0 Å². The van der Waals surface area contributed by atoms with Gasteiger partial charge in [0.15, 0.2) is 5.75 Å². The number of esters is 2. The summed E-state index contributed by atoms with van der Waals surface area (Å²) in [6.45, 7) is 4.57. The van der Waals surface area contributed by atoms with Crippen LogP contribution in [-0.2, 0) is 4.74 Å². The fourth-order valence-corrected chi connectivity index (χ4v) is 2.72. The highest BCUT2D eigenvalue weighted by atomic mass is 35.5. The molecule has 0 aliphatic rings. The highest BCUT2D eigenvalue weighted by Crippen LogP contribution is 2.32. The van der Waals surface area contributed by atoms with Crippen molar-refractivity contribution in [3.05, 3.63) is 63.6 Å². The molecule has 0 saturated carbocycles. The number of carbonyl (C=O) groups excluding carboxylic acids is 2. The van der Waals surface area contributed by atoms with Crippen LogP contribution in [0.5, 0.6) is 5.75 Å². The van der Waals surface area contributed by atoms with Crippen molar-refractivity contribution in [3.63, 3.8) is 0 Å². The molecular weight excluding hydrogens is 375 g/mol. The van der Waals surface area contributed by atoms with E-state index in [0.717, 1.165) is 12.8 Å². The lowest BCUT2D eigenvalue weighted by molar-refractivity contribution is 0.0494. The van der Waals surface area contributed by atoms with Crippen LogP contribution in [0.15, 0.2) is 42.5 Å². The van der Waals surface area contributed by atoms with Crippen LogP contribution in [0, 0.1) is 5.92 Å². The second-order valence-electron chi connectivity index (χ2n) is 6.19. The normalized spacial score (nSPS) is 10.7. The molecule has 0 aromatic heterocycles. The Labute approximate surface area is 163 Å². The van der Waals surface area contributed by atoms with Gasteiger partial charge in [0, 0.05) is 0 Å². The van der Waals surface area contributed by atoms with Crippen molar-refractivity contribution in [3.8, 4) is 5.75 Å². The van der Waals surface area contributed by atoms with Crippen LogP contribution in [0.2, 0.25) is 10.0 Å². The predicted octanol–water partition coefficient (Wildman–Crippen LogP) is 5.81. The Morgan fingerprint density at radius 2 is 1.54 bits per heavy atom. The number of carbonyl (C=O) groups is 2. The Hall–Kier alpha value is -2.04. The molecule has 0 spiro atoms. The lowest BCUT2D eigenvalue weighted by atomic mass is 10.1. The van der Waals surface area contributed by atoms with E-state index in [1.165, 1.54) is 6.07 Å². The molecule has 0 radical (unpaired) electrons. The number of para-hydroxylation sites is 1. The first-order valence-electron chi connectivity index (χ1n) is 8.32. The third kappa shape index (κ3) is 5.75. The molecule has 6 heteroatoms. The summed E-state index contributed by atoms with van der Waals surface area (Å²) in [4.78, 5) is 24.5. The number of ether oxygens (including phenoxy) is 2. The first-order valence-corrected chi connectivity index (χ1v) is 9.07. The number of benzene rings is 2. The molecule has 2 rings (SSSR count). The predicted molar refractivity (Wildman–Crippen MR) is 102 cm³/mol. The van der Waals surface area contributed by atoms with E-state index in [-0.39, 0.29) is 26.9 Å². The quantitative estimate of drug-likeness (QED) is 0.338. The molecule has 0 heterocycles. The van der Waals surface area contributed by atoms with Gasteiger partial charge in [0.2, 0.25) is 0 Å². The molecule has 138 valence electrons. The highest BCUT2D eigenvalue weighted by molar-refractivity contribution is 6.37. The van der Waals surface area contributed by atoms with Gasteiger partial charge in [0.05, 0.1) is 27.8 Å². The Bertz CT molecular complexity index is 767. The third-order valence-electron chi connectivity index (χ3n) is 3.61. The summed E-state index contributed by atoms with van der Waals surface area (Å²) in [6.07, 6.45) is 1.79. The summed E-state index contributed by atoms with van der Waals surface area (Å²) in [5.41, 5.74) is 0.492. The van der Waals surface area contributed by atoms with Crippen molar-refractivity contribution in [2.75, 3.05) is 6.61 Å². The minimum absolute atomic E-state index is 0.0856. The van der Waals surface area contributed by atoms with Crippen LogP contribution in [0.4, 0.5) is 0 Å². The summed E-state index contributed by atoms with van der Waals surface area (Å²) in [5.74, 6) is -0.487. The second-order valence-corrected chi connectivity index (χ2v) is 7.01. The largest absolute Gasteiger partial charge is 0.462 e. The van der Waals surface area contributed by atoms with E-state index in [0.29, 0.717) is 12.5 Å². The van der Waals surface area contributed by atoms with Gasteiger partial charge in [-0.25, -0.2) is 9.59 Å². The fourth-order valence-electron chi connectivity index (χ4n) is 2.24. The second kappa shape index (κ2) is 9.60. The molecule has 0 aliphatic carbocycles. The van der Waals surface area contributed by atoms with Gasteiger partial charge in [-0.3, -0.25) is 0 Å². The van der Waals surface area contributed by atoms with Crippen LogP contribution in [0.25, 0.3) is 0 Å². The molecule has 0 unspecified atom stereocenters. The van der Waals surface area contributed by atoms with E-state index in [9.17, 15) is 9.59 Å². The maximum Gasteiger partial charge on any atom is 0.343 e. The molecule has 0 amide bonds. The van der Waals surface area contributed by atoms with E-state index in [2.05, 4.69) is 13.8 Å². The zero-order valence-corrected chi connectivity index (χ0v) is 16.1. The highest BCUT2D eigenvalue weighted by Gasteiger charge is 2.16. The summed E-state index contributed by atoms with van der Waals surface area (Å²) in [5, 5.41) is 0.457. The summed E-state index contributed by atoms with van der Waals surface area (Å²) in [6, 6.07) is 10.9. The Morgan fingerprint density at radius 3 is 2.15 bits per heavy atom. The van der Waals surface area contributed by atoms with Crippen molar-refractivity contribution in [2.45, 2.75) is 26.7 Å². The summed E-state index contributed by atoms with van der Waals surface area (Å²) >= 11 is 12.0. The molecule has 26 heavy (non-hydrogen) atoms. The van der Waals surface area contributed by atoms with Gasteiger partial charge >= 0.3 is 11.9 Å². The number of hydrogen-bond donors (Lipinski definition) is 0. The average molecular weight is 395 g/mol. The molecule has 0 saturated heterocycles. The van der Waals surface area contributed by atoms with Crippen LogP contribution in [-0.4, -0.2) is 18.5 Å². The van der Waals surface area contributed by atoms with Gasteiger partial charge < -0.3 is 9.47 Å². The standard InChI is InChI=1S/C20H20Cl2O4/c1-13(2)6-5-11-25-19(23)14-7-3-8-15(12-14)20(24)26-18-16(21)9-4-10-17(18)22/h3-4,7-10,12-13H,5-6,11H2,1-2H3. The van der Waals surface area contributed by atoms with Crippen LogP contribution < -0.4 is 4.74 Å². The monoisotopic (exact) mass is 394 g/mol. The van der Waals surface area contributed by atoms with E-state index in [4.69, 9.17) is 32.7 Å². The van der Waals surface area contributed by atoms with Gasteiger partial charge in [-0.05, 0) is 49.1 Å². The molecule has 4 nitrogen and oxygen atoms in total. The molecule has 0 atom stereocenters. The molecule has 2 aromatic rings. The van der Waals surface area contributed by atoms with Gasteiger partial charge in [-0.2, -0.15) is 0 Å². The summed E-state index contributed by atoms with van der Waals surface area (Å²) in [7, 11) is 0. The van der Waals surface area contributed by atoms with Crippen LogP contribution >= 0.6 is 23.2 Å². The van der Waals surface area contributed by atoms with E-state index in [1.807, 2.05) is 0 Å². The molecule has 2 aromatic carbocycles. The van der Waals surface area contributed by atoms with Gasteiger partial charge in [-0.15, -0.1) is 0 Å². The summed E-state index contributed by atoms with van der Waals surface area (Å²) < 4.78 is 10.5. The molecular formula is C20H20Cl2O4. The zero-order valence-electron chi connectivity index (χ0n) is 14.6. The first-order chi connectivity index (χ1) is 12.4. The first kappa shape index (κ1) is 20.3. The molecule has 0 aliphatic heterocycles. The minimum atomic E-state index is -0.658. The third-order valence-corrected chi connectivity index (χ3v) is 4.20. The minimum Gasteiger partial charge on any atom is -0.462 e. The zero-order chi connectivity index (χ0) is 19.1. The van der Waals surface area contributed by atoms with E-state index in [1.54, 1.807) is 36.4 Å². The fraction of sp³-hybridized carbons (Fsp3) is 0.300. The topological polar surface area (TPSA) is 52.6 Å². The van der Waals surface area contributed by atoms with E-state index >= 15 is 0 Å². The smallest absolute Gasteiger partial charge is 0.343 e. The molecule has 0 fully saturated rings. The van der Waals surface area contributed by atoms with E-state index < -0.39 is 11.9 Å². The number of halogens is 2. The van der Waals surface area contributed by atoms with Crippen molar-refractivity contribution in [2.24, 2.45) is 5.92 Å². The lowest BCUT2D eigenvalue weighted by Crippen LogP contribution is -2.12. The maximum absolute atomic E-state index is 12.3. The van der Waals surface area contributed by atoms with Crippen molar-refractivity contribution >= 4 is 35.1 Å².